The Bertz CT molecular complexity index is 718. The van der Waals surface area contributed by atoms with Crippen LogP contribution < -0.4 is 4.74 Å². The van der Waals surface area contributed by atoms with Gasteiger partial charge in [-0.25, -0.2) is 8.78 Å². The molecule has 2 aliphatic rings. The highest BCUT2D eigenvalue weighted by atomic mass is 19.4. The monoisotopic (exact) mass is 458 g/mol. The van der Waals surface area contributed by atoms with Crippen molar-refractivity contribution in [1.29, 1.82) is 0 Å². The van der Waals surface area contributed by atoms with Gasteiger partial charge in [0.15, 0.2) is 11.6 Å². The van der Waals surface area contributed by atoms with Crippen molar-refractivity contribution in [2.45, 2.75) is 96.3 Å². The molecule has 6 heteroatoms. The zero-order chi connectivity index (χ0) is 23.1. The van der Waals surface area contributed by atoms with Crippen LogP contribution in [0.25, 0.3) is 0 Å². The predicted octanol–water partition coefficient (Wildman–Crippen LogP) is 9.08. The lowest BCUT2D eigenvalue weighted by molar-refractivity contribution is -0.276. The van der Waals surface area contributed by atoms with E-state index in [1.807, 2.05) is 0 Å². The SMILES string of the molecule is CCCC1CCC(CC/C=C/C2CCC(c3cc(F)c(OC(F)(F)F)c(F)c3)CC2)CC1. The van der Waals surface area contributed by atoms with Crippen molar-refractivity contribution in [3.05, 3.63) is 41.5 Å². The molecule has 2 fully saturated rings. The summed E-state index contributed by atoms with van der Waals surface area (Å²) in [6.07, 6.45) is 13.4. The largest absolute Gasteiger partial charge is 0.573 e. The zero-order valence-corrected chi connectivity index (χ0v) is 18.9. The molecule has 0 aromatic heterocycles. The van der Waals surface area contributed by atoms with E-state index in [-0.39, 0.29) is 5.92 Å². The summed E-state index contributed by atoms with van der Waals surface area (Å²) in [6, 6.07) is 1.97. The molecule has 2 saturated carbocycles. The molecule has 1 nitrogen and oxygen atoms in total. The van der Waals surface area contributed by atoms with E-state index in [1.165, 1.54) is 44.9 Å². The molecule has 2 aliphatic carbocycles. The number of allylic oxidation sites excluding steroid dienone is 2. The molecule has 32 heavy (non-hydrogen) atoms. The smallest absolute Gasteiger partial charge is 0.399 e. The van der Waals surface area contributed by atoms with E-state index in [0.29, 0.717) is 11.5 Å². The lowest BCUT2D eigenvalue weighted by Crippen LogP contribution is -2.19. The minimum Gasteiger partial charge on any atom is -0.399 e. The van der Waals surface area contributed by atoms with Crippen LogP contribution in [0.3, 0.4) is 0 Å². The summed E-state index contributed by atoms with van der Waals surface area (Å²) in [6.45, 7) is 2.27. The molecule has 3 rings (SSSR count). The number of benzene rings is 1. The molecule has 0 amide bonds. The van der Waals surface area contributed by atoms with Crippen LogP contribution >= 0.6 is 0 Å². The van der Waals surface area contributed by atoms with Gasteiger partial charge in [-0.05, 0) is 79.9 Å². The minimum absolute atomic E-state index is 0.0399. The van der Waals surface area contributed by atoms with Crippen LogP contribution in [-0.4, -0.2) is 6.36 Å². The van der Waals surface area contributed by atoms with Crippen molar-refractivity contribution in [1.82, 2.24) is 0 Å². The third-order valence-corrected chi connectivity index (χ3v) is 7.29. The second kappa shape index (κ2) is 11.5. The first kappa shape index (κ1) is 25.0. The third-order valence-electron chi connectivity index (χ3n) is 7.29. The quantitative estimate of drug-likeness (QED) is 0.279. The zero-order valence-electron chi connectivity index (χ0n) is 18.9. The van der Waals surface area contributed by atoms with Gasteiger partial charge in [0.05, 0.1) is 0 Å². The molecule has 0 saturated heterocycles. The molecule has 0 atom stereocenters. The van der Waals surface area contributed by atoms with E-state index in [9.17, 15) is 22.0 Å². The molecule has 0 unspecified atom stereocenters. The summed E-state index contributed by atoms with van der Waals surface area (Å²) in [5, 5.41) is 0. The Kier molecular flexibility index (Phi) is 9.01. The molecular weight excluding hydrogens is 423 g/mol. The van der Waals surface area contributed by atoms with Crippen molar-refractivity contribution in [2.24, 2.45) is 17.8 Å². The van der Waals surface area contributed by atoms with Crippen molar-refractivity contribution in [3.8, 4) is 5.75 Å². The Balaban J connectivity index is 1.41. The number of ether oxygens (including phenoxy) is 1. The molecular formula is C26H35F5O. The van der Waals surface area contributed by atoms with E-state index in [2.05, 4.69) is 23.8 Å². The molecule has 0 aliphatic heterocycles. The first-order valence-electron chi connectivity index (χ1n) is 12.2. The lowest BCUT2D eigenvalue weighted by Gasteiger charge is -2.28. The van der Waals surface area contributed by atoms with Gasteiger partial charge in [0.2, 0.25) is 5.75 Å². The maximum atomic E-state index is 14.0. The Hall–Kier alpha value is -1.59. The van der Waals surface area contributed by atoms with Crippen LogP contribution in [0.5, 0.6) is 5.75 Å². The van der Waals surface area contributed by atoms with Gasteiger partial charge in [-0.2, -0.15) is 0 Å². The van der Waals surface area contributed by atoms with Crippen LogP contribution in [0.15, 0.2) is 24.3 Å². The van der Waals surface area contributed by atoms with E-state index in [0.717, 1.165) is 56.1 Å². The fourth-order valence-corrected chi connectivity index (χ4v) is 5.51. The van der Waals surface area contributed by atoms with Crippen LogP contribution in [0.4, 0.5) is 22.0 Å². The highest BCUT2D eigenvalue weighted by Crippen LogP contribution is 2.39. The standard InChI is InChI=1S/C26H35F5O/c1-2-5-18-8-10-19(11-9-18)6-3-4-7-20-12-14-21(15-13-20)22-16-23(27)25(24(28)17-22)32-26(29,30)31/h4,7,16-21H,2-3,5-6,8-15H2,1H3/b7-4+. The van der Waals surface area contributed by atoms with Crippen molar-refractivity contribution in [3.63, 3.8) is 0 Å². The maximum absolute atomic E-state index is 14.0. The molecule has 0 bridgehead atoms. The Morgan fingerprint density at radius 1 is 0.875 bits per heavy atom. The van der Waals surface area contributed by atoms with Crippen LogP contribution in [0.1, 0.15) is 95.5 Å². The molecule has 1 aromatic carbocycles. The topological polar surface area (TPSA) is 9.23 Å². The van der Waals surface area contributed by atoms with Gasteiger partial charge in [-0.3, -0.25) is 0 Å². The number of rotatable bonds is 8. The summed E-state index contributed by atoms with van der Waals surface area (Å²) in [7, 11) is 0. The normalized spacial score (nSPS) is 27.1. The van der Waals surface area contributed by atoms with Gasteiger partial charge in [0.1, 0.15) is 0 Å². The second-order valence-electron chi connectivity index (χ2n) is 9.65. The molecule has 180 valence electrons. The van der Waals surface area contributed by atoms with Gasteiger partial charge in [0.25, 0.3) is 0 Å². The Morgan fingerprint density at radius 2 is 1.44 bits per heavy atom. The van der Waals surface area contributed by atoms with Crippen LogP contribution in [0, 0.1) is 29.4 Å². The number of hydrogen-bond donors (Lipinski definition) is 0. The van der Waals surface area contributed by atoms with Gasteiger partial charge in [-0.15, -0.1) is 13.2 Å². The Labute approximate surface area is 188 Å². The van der Waals surface area contributed by atoms with E-state index in [1.54, 1.807) is 0 Å². The maximum Gasteiger partial charge on any atom is 0.573 e. The first-order chi connectivity index (χ1) is 15.2. The average molecular weight is 459 g/mol. The van der Waals surface area contributed by atoms with E-state index >= 15 is 0 Å². The van der Waals surface area contributed by atoms with Crippen molar-refractivity contribution in [2.75, 3.05) is 0 Å². The molecule has 1 aromatic rings. The van der Waals surface area contributed by atoms with Gasteiger partial charge in [0, 0.05) is 0 Å². The Morgan fingerprint density at radius 3 is 1.97 bits per heavy atom. The first-order valence-corrected chi connectivity index (χ1v) is 12.2. The van der Waals surface area contributed by atoms with Crippen molar-refractivity contribution < 1.29 is 26.7 Å². The van der Waals surface area contributed by atoms with Gasteiger partial charge < -0.3 is 4.74 Å². The second-order valence-corrected chi connectivity index (χ2v) is 9.65. The number of halogens is 5. The van der Waals surface area contributed by atoms with E-state index < -0.39 is 23.7 Å². The average Bonchev–Trinajstić information content (AvgIpc) is 2.75. The summed E-state index contributed by atoms with van der Waals surface area (Å²) in [4.78, 5) is 0. The minimum atomic E-state index is -5.12. The van der Waals surface area contributed by atoms with Gasteiger partial charge in [-0.1, -0.05) is 57.6 Å². The third kappa shape index (κ3) is 7.48. The summed E-state index contributed by atoms with van der Waals surface area (Å²) >= 11 is 0. The fourth-order valence-electron chi connectivity index (χ4n) is 5.51. The molecule has 0 spiro atoms. The molecule has 0 heterocycles. The summed E-state index contributed by atoms with van der Waals surface area (Å²) < 4.78 is 68.5. The van der Waals surface area contributed by atoms with E-state index in [4.69, 9.17) is 0 Å². The number of hydrogen-bond acceptors (Lipinski definition) is 1. The molecule has 0 N–H and O–H groups in total. The van der Waals surface area contributed by atoms with Crippen molar-refractivity contribution >= 4 is 0 Å². The highest BCUT2D eigenvalue weighted by molar-refractivity contribution is 5.33. The highest BCUT2D eigenvalue weighted by Gasteiger charge is 2.34. The predicted molar refractivity (Wildman–Crippen MR) is 116 cm³/mol. The fraction of sp³-hybridized carbons (Fsp3) is 0.692. The number of alkyl halides is 3. The van der Waals surface area contributed by atoms with Crippen LogP contribution in [0.2, 0.25) is 0 Å². The van der Waals surface area contributed by atoms with Gasteiger partial charge >= 0.3 is 6.36 Å². The lowest BCUT2D eigenvalue weighted by atomic mass is 9.77. The molecule has 0 radical (unpaired) electrons. The summed E-state index contributed by atoms with van der Waals surface area (Å²) in [5.74, 6) is -1.76. The summed E-state index contributed by atoms with van der Waals surface area (Å²) in [5.41, 5.74) is 0.413. The van der Waals surface area contributed by atoms with Crippen LogP contribution in [-0.2, 0) is 0 Å².